The van der Waals surface area contributed by atoms with Crippen LogP contribution < -0.4 is 21.9 Å². The Morgan fingerprint density at radius 3 is 2.35 bits per heavy atom. The second-order valence-electron chi connectivity index (χ2n) is 8.48. The molecule has 0 fully saturated rings. The third-order valence-electron chi connectivity index (χ3n) is 6.71. The predicted octanol–water partition coefficient (Wildman–Crippen LogP) is 2.68. The second-order valence-corrected chi connectivity index (χ2v) is 9.33. The number of benzene rings is 2. The number of fused-ring (bicyclic) bond motifs is 6. The van der Waals surface area contributed by atoms with Gasteiger partial charge in [0.25, 0.3) is 5.56 Å². The lowest BCUT2D eigenvalue weighted by atomic mass is 9.68. The topological polar surface area (TPSA) is 103 Å². The van der Waals surface area contributed by atoms with Crippen molar-refractivity contribution in [3.63, 3.8) is 0 Å². The lowest BCUT2D eigenvalue weighted by Gasteiger charge is -2.35. The normalized spacial score (nSPS) is 17.7. The number of halogens is 1. The lowest BCUT2D eigenvalue weighted by molar-refractivity contribution is -0.118. The number of aryl methyl sites for hydroxylation is 1. The fraction of sp³-hybridized carbons (Fsp3) is 0.167. The number of carbonyl (C=O) groups excluding carboxylic acids is 1. The second kappa shape index (κ2) is 6.80. The molecule has 2 aliphatic rings. The molecule has 2 aliphatic heterocycles. The van der Waals surface area contributed by atoms with Crippen molar-refractivity contribution in [2.75, 3.05) is 10.6 Å². The molecular weight excluding hydrogens is 500 g/mol. The van der Waals surface area contributed by atoms with Gasteiger partial charge in [-0.1, -0.05) is 30.3 Å². The quantitative estimate of drug-likeness (QED) is 0.403. The summed E-state index contributed by atoms with van der Waals surface area (Å²) in [5.74, 6) is 0.424. The van der Waals surface area contributed by atoms with E-state index < -0.39 is 16.7 Å². The number of hydrogen-bond acceptors (Lipinski definition) is 5. The molecule has 2 aromatic heterocycles. The minimum Gasteiger partial charge on any atom is -0.325 e. The summed E-state index contributed by atoms with van der Waals surface area (Å²) in [4.78, 5) is 40.6. The Kier molecular flexibility index (Phi) is 4.13. The van der Waals surface area contributed by atoms with Crippen LogP contribution in [0.3, 0.4) is 0 Å². The molecule has 170 valence electrons. The minimum atomic E-state index is -1.49. The summed E-state index contributed by atoms with van der Waals surface area (Å²) in [7, 11) is 3.00. The average Bonchev–Trinajstić information content (AvgIpc) is 3.32. The summed E-state index contributed by atoms with van der Waals surface area (Å²) in [6.45, 7) is 1.82. The van der Waals surface area contributed by atoms with Gasteiger partial charge < -0.3 is 10.6 Å². The van der Waals surface area contributed by atoms with E-state index in [1.807, 2.05) is 55.5 Å². The maximum Gasteiger partial charge on any atom is 0.332 e. The van der Waals surface area contributed by atoms with Gasteiger partial charge in [0.15, 0.2) is 0 Å². The lowest BCUT2D eigenvalue weighted by Crippen LogP contribution is -2.50. The van der Waals surface area contributed by atoms with Crippen LogP contribution in [0.15, 0.2) is 62.6 Å². The van der Waals surface area contributed by atoms with E-state index >= 15 is 0 Å². The molecule has 0 aliphatic carbocycles. The van der Waals surface area contributed by atoms with Gasteiger partial charge in [0.05, 0.1) is 22.6 Å². The molecule has 1 unspecified atom stereocenters. The Hall–Kier alpha value is -3.92. The van der Waals surface area contributed by atoms with E-state index in [1.54, 1.807) is 11.7 Å². The number of hydrogen-bond donors (Lipinski definition) is 2. The van der Waals surface area contributed by atoms with Crippen LogP contribution in [-0.2, 0) is 24.3 Å². The zero-order valence-electron chi connectivity index (χ0n) is 18.5. The highest BCUT2D eigenvalue weighted by atomic mass is 79.9. The van der Waals surface area contributed by atoms with E-state index in [0.29, 0.717) is 32.8 Å². The van der Waals surface area contributed by atoms with Crippen LogP contribution in [0, 0.1) is 6.92 Å². The number of carbonyl (C=O) groups is 1. The number of para-hydroxylation sites is 2. The van der Waals surface area contributed by atoms with Crippen molar-refractivity contribution in [2.24, 2.45) is 14.1 Å². The van der Waals surface area contributed by atoms with Gasteiger partial charge in [-0.05, 0) is 41.1 Å². The third-order valence-corrected chi connectivity index (χ3v) is 7.37. The van der Waals surface area contributed by atoms with Crippen molar-refractivity contribution in [2.45, 2.75) is 12.3 Å². The van der Waals surface area contributed by atoms with Crippen molar-refractivity contribution in [3.8, 4) is 5.69 Å². The number of amides is 1. The number of anilines is 3. The molecule has 0 saturated carbocycles. The van der Waals surface area contributed by atoms with Gasteiger partial charge in [0, 0.05) is 29.7 Å². The van der Waals surface area contributed by atoms with Crippen LogP contribution >= 0.6 is 15.9 Å². The van der Waals surface area contributed by atoms with E-state index in [0.717, 1.165) is 10.3 Å². The van der Waals surface area contributed by atoms with Gasteiger partial charge in [0.1, 0.15) is 17.1 Å². The average molecular weight is 519 g/mol. The molecule has 4 heterocycles. The summed E-state index contributed by atoms with van der Waals surface area (Å²) >= 11 is 3.53. The SMILES string of the molecule is Cc1nn(-c2ccccc2)c2c1C1(C(=O)Nc3c(Br)cccc31)c1c(n(C)c(=O)n(C)c1=O)N2. The number of nitrogens with zero attached hydrogens (tertiary/aromatic N) is 4. The van der Waals surface area contributed by atoms with E-state index in [1.165, 1.54) is 11.6 Å². The first-order valence-corrected chi connectivity index (χ1v) is 11.4. The fourth-order valence-electron chi connectivity index (χ4n) is 5.20. The van der Waals surface area contributed by atoms with Crippen molar-refractivity contribution < 1.29 is 4.79 Å². The summed E-state index contributed by atoms with van der Waals surface area (Å²) in [6, 6.07) is 15.0. The minimum absolute atomic E-state index is 0.190. The number of aromatic nitrogens is 4. The predicted molar refractivity (Wildman–Crippen MR) is 131 cm³/mol. The largest absolute Gasteiger partial charge is 0.332 e. The summed E-state index contributed by atoms with van der Waals surface area (Å²) in [5, 5.41) is 11.0. The molecule has 10 heteroatoms. The van der Waals surface area contributed by atoms with Crippen molar-refractivity contribution in [1.29, 1.82) is 0 Å². The molecule has 1 spiro atoms. The molecule has 0 bridgehead atoms. The molecule has 0 radical (unpaired) electrons. The van der Waals surface area contributed by atoms with Crippen molar-refractivity contribution >= 4 is 39.2 Å². The Morgan fingerprint density at radius 2 is 1.62 bits per heavy atom. The van der Waals surface area contributed by atoms with Crippen LogP contribution in [0.1, 0.15) is 22.4 Å². The van der Waals surface area contributed by atoms with Gasteiger partial charge >= 0.3 is 5.69 Å². The maximum atomic E-state index is 14.0. The number of nitrogens with one attached hydrogen (secondary N) is 2. The monoisotopic (exact) mass is 518 g/mol. The zero-order valence-corrected chi connectivity index (χ0v) is 20.1. The first-order valence-electron chi connectivity index (χ1n) is 10.6. The third kappa shape index (κ3) is 2.33. The Labute approximate surface area is 201 Å². The maximum absolute atomic E-state index is 14.0. The van der Waals surface area contributed by atoms with Gasteiger partial charge in [-0.25, -0.2) is 9.48 Å². The molecule has 2 N–H and O–H groups in total. The molecule has 6 rings (SSSR count). The molecule has 9 nitrogen and oxygen atoms in total. The Morgan fingerprint density at radius 1 is 0.882 bits per heavy atom. The van der Waals surface area contributed by atoms with E-state index in [2.05, 4.69) is 26.6 Å². The van der Waals surface area contributed by atoms with Crippen LogP contribution in [-0.4, -0.2) is 24.8 Å². The van der Waals surface area contributed by atoms with E-state index in [-0.39, 0.29) is 17.3 Å². The first kappa shape index (κ1) is 20.7. The zero-order chi connectivity index (χ0) is 23.9. The standard InChI is InChI=1S/C24H19BrN6O3/c1-12-16-20(31(28-12)13-8-5-4-6-9-13)27-19-17(21(32)30(3)23(34)29(19)2)24(16)14-10-7-11-15(25)18(14)26-22(24)33/h4-11,27H,1-3H3,(H,26,33). The summed E-state index contributed by atoms with van der Waals surface area (Å²) in [6.07, 6.45) is 0. The highest BCUT2D eigenvalue weighted by molar-refractivity contribution is 9.10. The molecule has 0 saturated heterocycles. The van der Waals surface area contributed by atoms with Crippen LogP contribution in [0.2, 0.25) is 0 Å². The first-order chi connectivity index (χ1) is 16.3. The van der Waals surface area contributed by atoms with Gasteiger partial charge in [-0.15, -0.1) is 0 Å². The van der Waals surface area contributed by atoms with Gasteiger partial charge in [0.2, 0.25) is 5.91 Å². The van der Waals surface area contributed by atoms with Crippen molar-refractivity contribution in [1.82, 2.24) is 18.9 Å². The fourth-order valence-corrected chi connectivity index (χ4v) is 5.67. The molecular formula is C24H19BrN6O3. The van der Waals surface area contributed by atoms with Crippen LogP contribution in [0.5, 0.6) is 0 Å². The van der Waals surface area contributed by atoms with Crippen molar-refractivity contribution in [3.05, 3.63) is 96.2 Å². The Balaban J connectivity index is 1.84. The molecule has 1 amide bonds. The highest BCUT2D eigenvalue weighted by Crippen LogP contribution is 2.55. The van der Waals surface area contributed by atoms with E-state index in [9.17, 15) is 14.4 Å². The van der Waals surface area contributed by atoms with Gasteiger partial charge in [-0.3, -0.25) is 18.7 Å². The molecule has 2 aromatic carbocycles. The van der Waals surface area contributed by atoms with Crippen LogP contribution in [0.4, 0.5) is 17.3 Å². The van der Waals surface area contributed by atoms with Gasteiger partial charge in [-0.2, -0.15) is 5.10 Å². The Bertz CT molecular complexity index is 1670. The summed E-state index contributed by atoms with van der Waals surface area (Å²) < 4.78 is 4.81. The smallest absolute Gasteiger partial charge is 0.325 e. The molecule has 1 atom stereocenters. The van der Waals surface area contributed by atoms with Crippen LogP contribution in [0.25, 0.3) is 5.69 Å². The number of rotatable bonds is 1. The molecule has 34 heavy (non-hydrogen) atoms. The van der Waals surface area contributed by atoms with E-state index in [4.69, 9.17) is 5.10 Å². The summed E-state index contributed by atoms with van der Waals surface area (Å²) in [5.41, 5.74) is 0.832. The highest BCUT2D eigenvalue weighted by Gasteiger charge is 2.58. The molecule has 4 aromatic rings.